The number of nitrogens with two attached hydrogens (primary N) is 1. The van der Waals surface area contributed by atoms with Crippen LogP contribution >= 0.6 is 15.9 Å². The van der Waals surface area contributed by atoms with Gasteiger partial charge < -0.3 is 11.1 Å². The predicted molar refractivity (Wildman–Crippen MR) is 88.3 cm³/mol. The largest absolute Gasteiger partial charge is 0.398 e. The smallest absolute Gasteiger partial charge is 0.0466 e. The monoisotopic (exact) mass is 327 g/mol. The van der Waals surface area contributed by atoms with E-state index in [1.54, 1.807) is 12.4 Å². The number of nitrogen functional groups attached to an aromatic ring is 1. The second-order valence-corrected chi connectivity index (χ2v) is 5.68. The van der Waals surface area contributed by atoms with Crippen molar-refractivity contribution in [2.24, 2.45) is 0 Å². The molecule has 1 heterocycles. The molecule has 1 aromatic heterocycles. The highest BCUT2D eigenvalue weighted by atomic mass is 79.9. The first-order valence-electron chi connectivity index (χ1n) is 6.30. The fourth-order valence-electron chi connectivity index (χ4n) is 2.29. The van der Waals surface area contributed by atoms with Crippen LogP contribution in [0.1, 0.15) is 5.56 Å². The van der Waals surface area contributed by atoms with Crippen LogP contribution in [0, 0.1) is 6.92 Å². The maximum atomic E-state index is 5.99. The number of halogens is 1. The number of nitrogens with one attached hydrogen (secondary N) is 1. The van der Waals surface area contributed by atoms with E-state index in [2.05, 4.69) is 51.4 Å². The van der Waals surface area contributed by atoms with E-state index in [9.17, 15) is 0 Å². The average Bonchev–Trinajstić information content (AvgIpc) is 2.41. The molecular weight excluding hydrogens is 314 g/mol. The molecule has 0 bridgehead atoms. The number of hydrogen-bond acceptors (Lipinski definition) is 3. The fourth-order valence-corrected chi connectivity index (χ4v) is 2.89. The van der Waals surface area contributed by atoms with Gasteiger partial charge in [0.25, 0.3) is 0 Å². The van der Waals surface area contributed by atoms with Crippen molar-refractivity contribution in [2.45, 2.75) is 6.92 Å². The van der Waals surface area contributed by atoms with Gasteiger partial charge in [0.1, 0.15) is 0 Å². The van der Waals surface area contributed by atoms with E-state index in [4.69, 9.17) is 5.73 Å². The third kappa shape index (κ3) is 2.47. The topological polar surface area (TPSA) is 50.9 Å². The molecule has 3 aromatic rings. The number of hydrogen-bond donors (Lipinski definition) is 2. The van der Waals surface area contributed by atoms with Gasteiger partial charge in [0.15, 0.2) is 0 Å². The Hall–Kier alpha value is -2.07. The minimum absolute atomic E-state index is 0.740. The van der Waals surface area contributed by atoms with Crippen LogP contribution in [0.15, 0.2) is 53.3 Å². The van der Waals surface area contributed by atoms with Crippen LogP contribution in [0.3, 0.4) is 0 Å². The van der Waals surface area contributed by atoms with Gasteiger partial charge in [-0.25, -0.2) is 0 Å². The summed E-state index contributed by atoms with van der Waals surface area (Å²) in [4.78, 5) is 4.13. The molecule has 0 unspecified atom stereocenters. The van der Waals surface area contributed by atoms with Crippen LogP contribution in [0.2, 0.25) is 0 Å². The molecule has 0 spiro atoms. The molecule has 3 nitrogen and oxygen atoms in total. The van der Waals surface area contributed by atoms with Gasteiger partial charge in [-0.05, 0) is 48.9 Å². The van der Waals surface area contributed by atoms with Crippen LogP contribution in [0.5, 0.6) is 0 Å². The zero-order chi connectivity index (χ0) is 14.1. The molecule has 100 valence electrons. The quantitative estimate of drug-likeness (QED) is 0.674. The number of rotatable bonds is 2. The van der Waals surface area contributed by atoms with Crippen molar-refractivity contribution >= 4 is 43.8 Å². The van der Waals surface area contributed by atoms with Crippen LogP contribution < -0.4 is 11.1 Å². The number of pyridine rings is 1. The van der Waals surface area contributed by atoms with Crippen molar-refractivity contribution in [3.8, 4) is 0 Å². The lowest BCUT2D eigenvalue weighted by Crippen LogP contribution is -1.95. The summed E-state index contributed by atoms with van der Waals surface area (Å²) in [5.41, 5.74) is 9.99. The minimum Gasteiger partial charge on any atom is -0.398 e. The molecule has 4 heteroatoms. The molecule has 0 saturated carbocycles. The highest BCUT2D eigenvalue weighted by Crippen LogP contribution is 2.30. The Kier molecular flexibility index (Phi) is 3.32. The molecule has 3 N–H and O–H groups in total. The Bertz CT molecular complexity index is 764. The summed E-state index contributed by atoms with van der Waals surface area (Å²) in [5, 5.41) is 5.47. The summed E-state index contributed by atoms with van der Waals surface area (Å²) >= 11 is 3.52. The Morgan fingerprint density at radius 2 is 1.95 bits per heavy atom. The fraction of sp³-hybridized carbons (Fsp3) is 0.0625. The lowest BCUT2D eigenvalue weighted by molar-refractivity contribution is 1.36. The minimum atomic E-state index is 0.740. The molecule has 0 amide bonds. The second-order valence-electron chi connectivity index (χ2n) is 4.77. The van der Waals surface area contributed by atoms with Crippen LogP contribution in [0.25, 0.3) is 10.8 Å². The standard InChI is InChI=1S/C16H14BrN3/c1-10-6-11(17)8-12(7-10)20-16-3-2-15(18)14-9-19-5-4-13(14)16/h2-9,20H,18H2,1H3. The SMILES string of the molecule is Cc1cc(Br)cc(Nc2ccc(N)c3cnccc23)c1. The van der Waals surface area contributed by atoms with Gasteiger partial charge in [-0.2, -0.15) is 0 Å². The Morgan fingerprint density at radius 3 is 2.75 bits per heavy atom. The summed E-state index contributed by atoms with van der Waals surface area (Å²) in [5.74, 6) is 0. The Morgan fingerprint density at radius 1 is 1.10 bits per heavy atom. The molecular formula is C16H14BrN3. The van der Waals surface area contributed by atoms with Gasteiger partial charge in [-0.1, -0.05) is 15.9 Å². The number of aromatic nitrogens is 1. The summed E-state index contributed by atoms with van der Waals surface area (Å²) < 4.78 is 1.06. The van der Waals surface area contributed by atoms with Gasteiger partial charge in [-0.15, -0.1) is 0 Å². The van der Waals surface area contributed by atoms with E-state index in [-0.39, 0.29) is 0 Å². The summed E-state index contributed by atoms with van der Waals surface area (Å²) in [6.45, 7) is 2.07. The van der Waals surface area contributed by atoms with E-state index in [0.717, 1.165) is 32.3 Å². The molecule has 0 aliphatic heterocycles. The van der Waals surface area contributed by atoms with Gasteiger partial charge >= 0.3 is 0 Å². The third-order valence-corrected chi connectivity index (χ3v) is 3.63. The molecule has 0 aliphatic rings. The lowest BCUT2D eigenvalue weighted by atomic mass is 10.1. The van der Waals surface area contributed by atoms with Gasteiger partial charge in [0, 0.05) is 44.7 Å². The predicted octanol–water partition coefficient (Wildman–Crippen LogP) is 4.63. The van der Waals surface area contributed by atoms with E-state index in [1.165, 1.54) is 5.56 Å². The number of nitrogens with zero attached hydrogens (tertiary/aromatic N) is 1. The zero-order valence-corrected chi connectivity index (χ0v) is 12.6. The molecule has 2 aromatic carbocycles. The molecule has 0 saturated heterocycles. The highest BCUT2D eigenvalue weighted by molar-refractivity contribution is 9.10. The molecule has 0 radical (unpaired) electrons. The number of anilines is 3. The van der Waals surface area contributed by atoms with Crippen molar-refractivity contribution in [3.63, 3.8) is 0 Å². The third-order valence-electron chi connectivity index (χ3n) is 3.17. The molecule has 0 aliphatic carbocycles. The van der Waals surface area contributed by atoms with Crippen LogP contribution in [-0.4, -0.2) is 4.98 Å². The van der Waals surface area contributed by atoms with E-state index < -0.39 is 0 Å². The summed E-state index contributed by atoms with van der Waals surface area (Å²) in [6.07, 6.45) is 3.57. The Balaban J connectivity index is 2.09. The molecule has 3 rings (SSSR count). The molecule has 0 fully saturated rings. The summed E-state index contributed by atoms with van der Waals surface area (Å²) in [7, 11) is 0. The first-order chi connectivity index (χ1) is 9.63. The van der Waals surface area contributed by atoms with Crippen molar-refractivity contribution in [1.29, 1.82) is 0 Å². The van der Waals surface area contributed by atoms with Crippen LogP contribution in [-0.2, 0) is 0 Å². The van der Waals surface area contributed by atoms with E-state index in [1.807, 2.05) is 18.2 Å². The Labute approximate surface area is 126 Å². The normalized spacial score (nSPS) is 10.7. The van der Waals surface area contributed by atoms with Crippen molar-refractivity contribution < 1.29 is 0 Å². The van der Waals surface area contributed by atoms with E-state index >= 15 is 0 Å². The van der Waals surface area contributed by atoms with Gasteiger partial charge in [0.2, 0.25) is 0 Å². The lowest BCUT2D eigenvalue weighted by Gasteiger charge is -2.12. The maximum absolute atomic E-state index is 5.99. The maximum Gasteiger partial charge on any atom is 0.0466 e. The number of aryl methyl sites for hydroxylation is 1. The van der Waals surface area contributed by atoms with Gasteiger partial charge in [0.05, 0.1) is 0 Å². The first kappa shape index (κ1) is 12.9. The first-order valence-corrected chi connectivity index (χ1v) is 7.09. The number of benzene rings is 2. The zero-order valence-electron chi connectivity index (χ0n) is 11.0. The molecule has 20 heavy (non-hydrogen) atoms. The molecule has 0 atom stereocenters. The average molecular weight is 328 g/mol. The second kappa shape index (κ2) is 5.13. The van der Waals surface area contributed by atoms with Crippen molar-refractivity contribution in [1.82, 2.24) is 4.98 Å². The van der Waals surface area contributed by atoms with Crippen LogP contribution in [0.4, 0.5) is 17.1 Å². The van der Waals surface area contributed by atoms with Gasteiger partial charge in [-0.3, -0.25) is 4.98 Å². The summed E-state index contributed by atoms with van der Waals surface area (Å²) in [6, 6.07) is 12.1. The van der Waals surface area contributed by atoms with Crippen molar-refractivity contribution in [3.05, 3.63) is 58.8 Å². The number of fused-ring (bicyclic) bond motifs is 1. The van der Waals surface area contributed by atoms with Crippen molar-refractivity contribution in [2.75, 3.05) is 11.1 Å². The van der Waals surface area contributed by atoms with E-state index in [0.29, 0.717) is 0 Å². The highest BCUT2D eigenvalue weighted by Gasteiger charge is 2.05.